The molecule has 0 saturated carbocycles. The number of aromatic nitrogens is 3. The van der Waals surface area contributed by atoms with Crippen molar-refractivity contribution in [3.63, 3.8) is 0 Å². The van der Waals surface area contributed by atoms with Gasteiger partial charge in [0.05, 0.1) is 28.3 Å². The molecule has 3 rings (SSSR count). The maximum atomic E-state index is 8.98. The molecule has 0 N–H and O–H groups in total. The summed E-state index contributed by atoms with van der Waals surface area (Å²) < 4.78 is 1.98. The van der Waals surface area contributed by atoms with Crippen LogP contribution in [-0.4, -0.2) is 14.8 Å². The van der Waals surface area contributed by atoms with Crippen molar-refractivity contribution in [3.8, 4) is 17.2 Å². The molecule has 0 spiro atoms. The van der Waals surface area contributed by atoms with Crippen LogP contribution in [0.25, 0.3) is 11.1 Å². The van der Waals surface area contributed by atoms with E-state index in [4.69, 9.17) is 16.9 Å². The van der Waals surface area contributed by atoms with E-state index in [0.717, 1.165) is 27.4 Å². The summed E-state index contributed by atoms with van der Waals surface area (Å²) in [5.41, 5.74) is 6.38. The number of rotatable bonds is 3. The molecule has 0 aliphatic heterocycles. The Labute approximate surface area is 137 Å². The van der Waals surface area contributed by atoms with Crippen molar-refractivity contribution in [1.29, 1.82) is 5.26 Å². The maximum Gasteiger partial charge on any atom is 0.101 e. The van der Waals surface area contributed by atoms with E-state index in [9.17, 15) is 0 Å². The van der Waals surface area contributed by atoms with E-state index in [2.05, 4.69) is 16.2 Å². The Kier molecular flexibility index (Phi) is 3.97. The van der Waals surface area contributed by atoms with E-state index >= 15 is 0 Å². The second kappa shape index (κ2) is 5.91. The number of nitriles is 1. The van der Waals surface area contributed by atoms with Crippen LogP contribution in [0.3, 0.4) is 0 Å². The van der Waals surface area contributed by atoms with E-state index in [-0.39, 0.29) is 0 Å². The average Bonchev–Trinajstić information content (AvgIpc) is 3.08. The first-order chi connectivity index (χ1) is 10.6. The molecule has 6 heteroatoms. The van der Waals surface area contributed by atoms with Crippen LogP contribution in [0.15, 0.2) is 29.9 Å². The van der Waals surface area contributed by atoms with E-state index < -0.39 is 0 Å². The van der Waals surface area contributed by atoms with Gasteiger partial charge in [-0.15, -0.1) is 11.3 Å². The molecule has 0 unspecified atom stereocenters. The minimum atomic E-state index is 0.467. The van der Waals surface area contributed by atoms with Crippen molar-refractivity contribution in [2.75, 3.05) is 0 Å². The van der Waals surface area contributed by atoms with Gasteiger partial charge in [0.25, 0.3) is 0 Å². The lowest BCUT2D eigenvalue weighted by Gasteiger charge is -2.05. The second-order valence-electron chi connectivity index (χ2n) is 4.98. The summed E-state index contributed by atoms with van der Waals surface area (Å²) in [4.78, 5) is 5.26. The second-order valence-corrected chi connectivity index (χ2v) is 6.36. The summed E-state index contributed by atoms with van der Waals surface area (Å²) >= 11 is 7.77. The maximum absolute atomic E-state index is 8.98. The number of aryl methyl sites for hydroxylation is 1. The van der Waals surface area contributed by atoms with Crippen molar-refractivity contribution in [3.05, 3.63) is 56.8 Å². The third-order valence-electron chi connectivity index (χ3n) is 3.55. The minimum Gasteiger partial charge on any atom is -0.264 e. The molecule has 0 aliphatic carbocycles. The molecule has 4 nitrogen and oxygen atoms in total. The Morgan fingerprint density at radius 3 is 2.82 bits per heavy atom. The molecule has 0 atom stereocenters. The van der Waals surface area contributed by atoms with E-state index in [1.165, 1.54) is 0 Å². The highest BCUT2D eigenvalue weighted by atomic mass is 35.5. The van der Waals surface area contributed by atoms with Crippen LogP contribution in [0.1, 0.15) is 21.8 Å². The first kappa shape index (κ1) is 14.8. The Hall–Kier alpha value is -2.16. The number of hydrogen-bond acceptors (Lipinski definition) is 4. The van der Waals surface area contributed by atoms with Gasteiger partial charge in [0.15, 0.2) is 0 Å². The van der Waals surface area contributed by atoms with E-state index in [0.29, 0.717) is 17.1 Å². The summed E-state index contributed by atoms with van der Waals surface area (Å²) in [6, 6.07) is 7.57. The fraction of sp³-hybridized carbons (Fsp3) is 0.188. The summed E-state index contributed by atoms with van der Waals surface area (Å²) in [5, 5.41) is 14.1. The van der Waals surface area contributed by atoms with Crippen molar-refractivity contribution in [2.24, 2.45) is 0 Å². The highest BCUT2D eigenvalue weighted by Gasteiger charge is 2.15. The van der Waals surface area contributed by atoms with Crippen LogP contribution in [0.5, 0.6) is 0 Å². The lowest BCUT2D eigenvalue weighted by molar-refractivity contribution is 0.665. The average molecular weight is 329 g/mol. The Bertz CT molecular complexity index is 859. The van der Waals surface area contributed by atoms with Gasteiger partial charge in [-0.1, -0.05) is 17.7 Å². The summed E-state index contributed by atoms with van der Waals surface area (Å²) in [7, 11) is 0. The SMILES string of the molecule is Cc1nn(Cc2cncs2)c(C)c1-c1ccc(C#N)c(Cl)c1. The van der Waals surface area contributed by atoms with E-state index in [1.54, 1.807) is 17.4 Å². The van der Waals surface area contributed by atoms with Gasteiger partial charge in [0.2, 0.25) is 0 Å². The summed E-state index contributed by atoms with van der Waals surface area (Å²) in [5.74, 6) is 0. The molecule has 0 aliphatic rings. The molecule has 0 bridgehead atoms. The van der Waals surface area contributed by atoms with Gasteiger partial charge in [0, 0.05) is 22.3 Å². The van der Waals surface area contributed by atoms with Gasteiger partial charge in [0.1, 0.15) is 6.07 Å². The summed E-state index contributed by atoms with van der Waals surface area (Å²) in [6.07, 6.45) is 1.86. The number of thiazole rings is 1. The van der Waals surface area contributed by atoms with Gasteiger partial charge >= 0.3 is 0 Å². The molecule has 0 fully saturated rings. The molecule has 0 amide bonds. The predicted octanol–water partition coefficient (Wildman–Crippen LogP) is 4.20. The smallest absolute Gasteiger partial charge is 0.101 e. The van der Waals surface area contributed by atoms with Gasteiger partial charge in [-0.25, -0.2) is 0 Å². The van der Waals surface area contributed by atoms with Gasteiger partial charge in [-0.3, -0.25) is 9.67 Å². The zero-order valence-electron chi connectivity index (χ0n) is 12.2. The Morgan fingerprint density at radius 1 is 1.36 bits per heavy atom. The fourth-order valence-corrected chi connectivity index (χ4v) is 3.30. The first-order valence-corrected chi connectivity index (χ1v) is 7.97. The monoisotopic (exact) mass is 328 g/mol. The summed E-state index contributed by atoms with van der Waals surface area (Å²) in [6.45, 7) is 4.74. The highest BCUT2D eigenvalue weighted by Crippen LogP contribution is 2.30. The normalized spacial score (nSPS) is 10.6. The molecular formula is C16H13ClN4S. The third kappa shape index (κ3) is 2.63. The van der Waals surface area contributed by atoms with Crippen LogP contribution >= 0.6 is 22.9 Å². The van der Waals surface area contributed by atoms with Crippen molar-refractivity contribution in [1.82, 2.24) is 14.8 Å². The zero-order valence-corrected chi connectivity index (χ0v) is 13.7. The first-order valence-electron chi connectivity index (χ1n) is 6.71. The molecule has 0 radical (unpaired) electrons. The van der Waals surface area contributed by atoms with Gasteiger partial charge in [-0.2, -0.15) is 10.4 Å². The third-order valence-corrected chi connectivity index (χ3v) is 4.63. The molecule has 110 valence electrons. The standard InChI is InChI=1S/C16H13ClN4S/c1-10-16(12-3-4-13(6-18)15(17)5-12)11(2)21(20-10)8-14-7-19-9-22-14/h3-5,7,9H,8H2,1-2H3. The largest absolute Gasteiger partial charge is 0.264 e. The van der Waals surface area contributed by atoms with Crippen LogP contribution < -0.4 is 0 Å². The molecule has 2 heterocycles. The fourth-order valence-electron chi connectivity index (χ4n) is 2.50. The molecule has 22 heavy (non-hydrogen) atoms. The Morgan fingerprint density at radius 2 is 2.18 bits per heavy atom. The van der Waals surface area contributed by atoms with Crippen LogP contribution in [0, 0.1) is 25.2 Å². The van der Waals surface area contributed by atoms with Crippen molar-refractivity contribution in [2.45, 2.75) is 20.4 Å². The zero-order chi connectivity index (χ0) is 15.7. The van der Waals surface area contributed by atoms with Gasteiger partial charge < -0.3 is 0 Å². The van der Waals surface area contributed by atoms with Gasteiger partial charge in [-0.05, 0) is 31.5 Å². The predicted molar refractivity (Wildman–Crippen MR) is 88.1 cm³/mol. The minimum absolute atomic E-state index is 0.467. The van der Waals surface area contributed by atoms with Crippen LogP contribution in [0.2, 0.25) is 5.02 Å². The number of nitrogens with zero attached hydrogens (tertiary/aromatic N) is 4. The topological polar surface area (TPSA) is 54.5 Å². The van der Waals surface area contributed by atoms with Crippen molar-refractivity contribution < 1.29 is 0 Å². The highest BCUT2D eigenvalue weighted by molar-refractivity contribution is 7.09. The number of benzene rings is 1. The lowest BCUT2D eigenvalue weighted by Crippen LogP contribution is -2.02. The molecule has 3 aromatic rings. The van der Waals surface area contributed by atoms with Crippen LogP contribution in [0.4, 0.5) is 0 Å². The van der Waals surface area contributed by atoms with Crippen molar-refractivity contribution >= 4 is 22.9 Å². The number of hydrogen-bond donors (Lipinski definition) is 0. The molecule has 1 aromatic carbocycles. The molecular weight excluding hydrogens is 316 g/mol. The van der Waals surface area contributed by atoms with Crippen LogP contribution in [-0.2, 0) is 6.54 Å². The molecule has 0 saturated heterocycles. The lowest BCUT2D eigenvalue weighted by atomic mass is 10.0. The van der Waals surface area contributed by atoms with E-state index in [1.807, 2.05) is 42.4 Å². The molecule has 2 aromatic heterocycles. The Balaban J connectivity index is 2.03. The number of halogens is 1. The quantitative estimate of drug-likeness (QED) is 0.724.